The molecule has 9 heteroatoms. The van der Waals surface area contributed by atoms with Crippen LogP contribution in [-0.4, -0.2) is 69.0 Å². The van der Waals surface area contributed by atoms with Crippen LogP contribution in [0.25, 0.3) is 11.0 Å². The summed E-state index contributed by atoms with van der Waals surface area (Å²) in [6.07, 6.45) is 5.03. The summed E-state index contributed by atoms with van der Waals surface area (Å²) in [5, 5.41) is 7.50. The van der Waals surface area contributed by atoms with Gasteiger partial charge in [0.15, 0.2) is 5.65 Å². The Balaban J connectivity index is 1.65. The van der Waals surface area contributed by atoms with Crippen LogP contribution >= 0.6 is 0 Å². The van der Waals surface area contributed by atoms with Crippen LogP contribution in [0.1, 0.15) is 26.7 Å². The van der Waals surface area contributed by atoms with Gasteiger partial charge in [-0.15, -0.1) is 0 Å². The van der Waals surface area contributed by atoms with Gasteiger partial charge in [-0.05, 0) is 5.92 Å². The first-order chi connectivity index (χ1) is 13.5. The zero-order valence-electron chi connectivity index (χ0n) is 16.9. The number of nitrogens with zero attached hydrogens (tertiary/aromatic N) is 5. The van der Waals surface area contributed by atoms with Gasteiger partial charge in [-0.2, -0.15) is 5.10 Å². The predicted molar refractivity (Wildman–Crippen MR) is 106 cm³/mol. The van der Waals surface area contributed by atoms with Gasteiger partial charge in [-0.1, -0.05) is 26.7 Å². The van der Waals surface area contributed by atoms with E-state index in [-0.39, 0.29) is 24.1 Å². The van der Waals surface area contributed by atoms with E-state index in [1.165, 1.54) is 17.1 Å². The Morgan fingerprint density at radius 1 is 1.29 bits per heavy atom. The quantitative estimate of drug-likeness (QED) is 0.700. The molecule has 0 saturated carbocycles. The van der Waals surface area contributed by atoms with E-state index in [4.69, 9.17) is 4.74 Å². The van der Waals surface area contributed by atoms with Gasteiger partial charge in [0.1, 0.15) is 18.3 Å². The fourth-order valence-corrected chi connectivity index (χ4v) is 3.94. The van der Waals surface area contributed by atoms with Crippen LogP contribution in [0.2, 0.25) is 0 Å². The highest BCUT2D eigenvalue weighted by Gasteiger charge is 2.27. The molecule has 3 heterocycles. The monoisotopic (exact) mass is 390 g/mol. The lowest BCUT2D eigenvalue weighted by Gasteiger charge is -2.38. The molecular weight excluding hydrogens is 360 g/mol. The van der Waals surface area contributed by atoms with Gasteiger partial charge in [0.25, 0.3) is 5.56 Å². The van der Waals surface area contributed by atoms with Crippen molar-refractivity contribution >= 4 is 16.9 Å². The first-order valence-corrected chi connectivity index (χ1v) is 10.0. The average Bonchev–Trinajstić information content (AvgIpc) is 3.09. The van der Waals surface area contributed by atoms with Gasteiger partial charge in [0.2, 0.25) is 5.91 Å². The molecule has 2 aromatic heterocycles. The van der Waals surface area contributed by atoms with Crippen molar-refractivity contribution < 1.29 is 9.53 Å². The normalized spacial score (nSPS) is 16.6. The summed E-state index contributed by atoms with van der Waals surface area (Å²) in [4.78, 5) is 31.7. The number of amides is 1. The van der Waals surface area contributed by atoms with Crippen LogP contribution in [0.3, 0.4) is 0 Å². The number of nitrogens with one attached hydrogen (secondary N) is 1. The highest BCUT2D eigenvalue weighted by Crippen LogP contribution is 2.19. The molecule has 0 spiro atoms. The molecule has 1 saturated heterocycles. The summed E-state index contributed by atoms with van der Waals surface area (Å²) in [7, 11) is 1.73. The lowest BCUT2D eigenvalue weighted by atomic mass is 9.92. The van der Waals surface area contributed by atoms with E-state index in [1.807, 2.05) is 0 Å². The summed E-state index contributed by atoms with van der Waals surface area (Å²) < 4.78 is 8.35. The molecule has 0 aliphatic carbocycles. The minimum Gasteiger partial charge on any atom is -0.379 e. The second-order valence-electron chi connectivity index (χ2n) is 7.28. The summed E-state index contributed by atoms with van der Waals surface area (Å²) in [6.45, 7) is 8.15. The van der Waals surface area contributed by atoms with Crippen LogP contribution in [0.15, 0.2) is 17.3 Å². The number of aryl methyl sites for hydroxylation is 1. The van der Waals surface area contributed by atoms with Crippen LogP contribution in [0, 0.1) is 5.92 Å². The Hall–Kier alpha value is -2.26. The van der Waals surface area contributed by atoms with Crippen molar-refractivity contribution in [2.24, 2.45) is 13.0 Å². The molecule has 1 atom stereocenters. The third kappa shape index (κ3) is 4.41. The van der Waals surface area contributed by atoms with Crippen LogP contribution in [0.4, 0.5) is 0 Å². The number of rotatable bonds is 8. The Morgan fingerprint density at radius 2 is 2.00 bits per heavy atom. The predicted octanol–water partition coefficient (Wildman–Crippen LogP) is 0.383. The van der Waals surface area contributed by atoms with Gasteiger partial charge in [-0.3, -0.25) is 23.7 Å². The molecule has 3 rings (SSSR count). The maximum atomic E-state index is 12.5. The van der Waals surface area contributed by atoms with Crippen molar-refractivity contribution in [1.29, 1.82) is 0 Å². The number of ether oxygens (including phenoxy) is 1. The minimum absolute atomic E-state index is 0.0462. The second kappa shape index (κ2) is 9.29. The van der Waals surface area contributed by atoms with Gasteiger partial charge >= 0.3 is 0 Å². The lowest BCUT2D eigenvalue weighted by molar-refractivity contribution is -0.122. The maximum Gasteiger partial charge on any atom is 0.264 e. The van der Waals surface area contributed by atoms with E-state index in [1.54, 1.807) is 11.7 Å². The molecule has 1 aliphatic rings. The topological polar surface area (TPSA) is 94.3 Å². The highest BCUT2D eigenvalue weighted by atomic mass is 16.5. The molecule has 1 unspecified atom stereocenters. The molecule has 2 aromatic rings. The summed E-state index contributed by atoms with van der Waals surface area (Å²) in [5.41, 5.74) is 0.265. The molecule has 9 nitrogen and oxygen atoms in total. The molecule has 0 radical (unpaired) electrons. The Kier molecular flexibility index (Phi) is 6.79. The van der Waals surface area contributed by atoms with Gasteiger partial charge in [-0.25, -0.2) is 4.98 Å². The van der Waals surface area contributed by atoms with Crippen molar-refractivity contribution in [3.05, 3.63) is 22.9 Å². The largest absolute Gasteiger partial charge is 0.379 e. The fourth-order valence-electron chi connectivity index (χ4n) is 3.94. The molecule has 0 aromatic carbocycles. The van der Waals surface area contributed by atoms with Crippen molar-refractivity contribution in [3.8, 4) is 0 Å². The Bertz CT molecular complexity index is 851. The third-order valence-corrected chi connectivity index (χ3v) is 5.65. The third-order valence-electron chi connectivity index (χ3n) is 5.65. The smallest absolute Gasteiger partial charge is 0.264 e. The Morgan fingerprint density at radius 3 is 2.68 bits per heavy atom. The van der Waals surface area contributed by atoms with E-state index in [2.05, 4.69) is 34.1 Å². The summed E-state index contributed by atoms with van der Waals surface area (Å²) >= 11 is 0. The molecule has 0 bridgehead atoms. The number of carbonyl (C=O) groups excluding carboxylic acids is 1. The van der Waals surface area contributed by atoms with Crippen molar-refractivity contribution in [2.75, 3.05) is 32.8 Å². The number of aromatic nitrogens is 4. The maximum absolute atomic E-state index is 12.5. The molecule has 28 heavy (non-hydrogen) atoms. The van der Waals surface area contributed by atoms with Gasteiger partial charge in [0, 0.05) is 32.7 Å². The minimum atomic E-state index is -0.252. The van der Waals surface area contributed by atoms with Crippen LogP contribution in [0.5, 0.6) is 0 Å². The number of hydrogen-bond acceptors (Lipinski definition) is 6. The van der Waals surface area contributed by atoms with Crippen molar-refractivity contribution in [1.82, 2.24) is 29.5 Å². The molecule has 1 fully saturated rings. The van der Waals surface area contributed by atoms with E-state index in [0.29, 0.717) is 23.5 Å². The summed E-state index contributed by atoms with van der Waals surface area (Å²) in [6, 6.07) is 0.276. The Labute approximate surface area is 164 Å². The molecule has 1 amide bonds. The van der Waals surface area contributed by atoms with Crippen molar-refractivity contribution in [3.63, 3.8) is 0 Å². The highest BCUT2D eigenvalue weighted by molar-refractivity contribution is 5.77. The number of carbonyl (C=O) groups is 1. The molecular formula is C19H30N6O3. The van der Waals surface area contributed by atoms with E-state index >= 15 is 0 Å². The van der Waals surface area contributed by atoms with E-state index in [0.717, 1.165) is 39.1 Å². The van der Waals surface area contributed by atoms with Gasteiger partial charge in [0.05, 0.1) is 19.4 Å². The SMILES string of the molecule is CCC(CC)C(CNC(=O)Cn1cnc2c(cnn2C)c1=O)N1CCOCC1. The number of fused-ring (bicyclic) bond motifs is 1. The zero-order valence-corrected chi connectivity index (χ0v) is 16.9. The van der Waals surface area contributed by atoms with E-state index < -0.39 is 0 Å². The van der Waals surface area contributed by atoms with Crippen LogP contribution in [-0.2, 0) is 23.1 Å². The standard InChI is InChI=1S/C19H30N6O3/c1-4-14(5-2)16(24-6-8-28-9-7-24)11-20-17(26)12-25-13-21-18-15(19(25)27)10-22-23(18)3/h10,13-14,16H,4-9,11-12H2,1-3H3,(H,20,26). The first-order valence-electron chi connectivity index (χ1n) is 10.0. The summed E-state index contributed by atoms with van der Waals surface area (Å²) in [5.74, 6) is 0.325. The number of hydrogen-bond donors (Lipinski definition) is 1. The fraction of sp³-hybridized carbons (Fsp3) is 0.684. The van der Waals surface area contributed by atoms with Crippen molar-refractivity contribution in [2.45, 2.75) is 39.3 Å². The average molecular weight is 390 g/mol. The zero-order chi connectivity index (χ0) is 20.1. The lowest BCUT2D eigenvalue weighted by Crippen LogP contribution is -2.52. The molecule has 154 valence electrons. The number of morpholine rings is 1. The van der Waals surface area contributed by atoms with Gasteiger partial charge < -0.3 is 10.1 Å². The first kappa shape index (κ1) is 20.5. The second-order valence-corrected chi connectivity index (χ2v) is 7.28. The van der Waals surface area contributed by atoms with Crippen LogP contribution < -0.4 is 10.9 Å². The van der Waals surface area contributed by atoms with E-state index in [9.17, 15) is 9.59 Å². The molecule has 1 N–H and O–H groups in total. The molecule has 1 aliphatic heterocycles.